The second kappa shape index (κ2) is 6.99. The maximum atomic E-state index is 11.8. The monoisotopic (exact) mass is 357 g/mol. The summed E-state index contributed by atoms with van der Waals surface area (Å²) in [6, 6.07) is 12.1. The highest BCUT2D eigenvalue weighted by molar-refractivity contribution is 5.94. The minimum Gasteiger partial charge on any atom is -0.347 e. The number of carbonyl (C=O) groups excluding carboxylic acids is 1. The van der Waals surface area contributed by atoms with Crippen molar-refractivity contribution in [2.75, 3.05) is 14.1 Å². The van der Waals surface area contributed by atoms with Crippen LogP contribution in [-0.4, -0.2) is 44.7 Å². The quantitative estimate of drug-likeness (QED) is 0.562. The Morgan fingerprint density at radius 3 is 2.63 bits per heavy atom. The van der Waals surface area contributed by atoms with Crippen molar-refractivity contribution in [2.24, 2.45) is 0 Å². The van der Waals surface area contributed by atoms with Crippen molar-refractivity contribution in [2.45, 2.75) is 6.54 Å². The van der Waals surface area contributed by atoms with Crippen molar-refractivity contribution in [3.8, 4) is 22.4 Å². The Bertz CT molecular complexity index is 1090. The van der Waals surface area contributed by atoms with Crippen LogP contribution in [0.25, 0.3) is 33.2 Å². The van der Waals surface area contributed by atoms with Gasteiger partial charge in [0.25, 0.3) is 0 Å². The zero-order valence-corrected chi connectivity index (χ0v) is 15.2. The number of aromatic nitrogens is 4. The molecule has 0 aliphatic rings. The van der Waals surface area contributed by atoms with Crippen LogP contribution >= 0.6 is 0 Å². The Morgan fingerprint density at radius 2 is 1.85 bits per heavy atom. The summed E-state index contributed by atoms with van der Waals surface area (Å²) in [5.74, 6) is 0.00146. The molecular formula is C21H19N5O. The second-order valence-corrected chi connectivity index (χ2v) is 6.56. The number of pyridine rings is 2. The fourth-order valence-corrected chi connectivity index (χ4v) is 2.92. The molecule has 0 unspecified atom stereocenters. The van der Waals surface area contributed by atoms with Gasteiger partial charge < -0.3 is 4.90 Å². The molecule has 0 spiro atoms. The molecule has 0 atom stereocenters. The summed E-state index contributed by atoms with van der Waals surface area (Å²) in [5.41, 5.74) is 3.76. The highest BCUT2D eigenvalue weighted by atomic mass is 16.2. The first-order chi connectivity index (χ1) is 13.1. The van der Waals surface area contributed by atoms with Gasteiger partial charge in [0, 0.05) is 61.0 Å². The lowest BCUT2D eigenvalue weighted by atomic mass is 10.0. The molecule has 1 amide bonds. The van der Waals surface area contributed by atoms with E-state index in [1.165, 1.54) is 0 Å². The standard InChI is InChI=1S/C21H19N5O/c1-25(2)21(27)14-26-13-17(11-24-26)15-7-8-20(23-10-15)19-12-22-9-16-5-3-4-6-18(16)19/h3-13H,14H2,1-2H3. The van der Waals surface area contributed by atoms with E-state index < -0.39 is 0 Å². The van der Waals surface area contributed by atoms with E-state index in [1.54, 1.807) is 29.9 Å². The number of benzene rings is 1. The Hall–Kier alpha value is -3.54. The van der Waals surface area contributed by atoms with E-state index in [0.717, 1.165) is 33.2 Å². The van der Waals surface area contributed by atoms with Gasteiger partial charge in [-0.3, -0.25) is 19.4 Å². The van der Waals surface area contributed by atoms with Crippen LogP contribution in [0.4, 0.5) is 0 Å². The number of hydrogen-bond donors (Lipinski definition) is 0. The van der Waals surface area contributed by atoms with E-state index in [-0.39, 0.29) is 12.5 Å². The maximum absolute atomic E-state index is 11.8. The molecule has 0 radical (unpaired) electrons. The lowest BCUT2D eigenvalue weighted by molar-refractivity contribution is -0.129. The minimum atomic E-state index is 0.00146. The van der Waals surface area contributed by atoms with E-state index >= 15 is 0 Å². The minimum absolute atomic E-state index is 0.00146. The summed E-state index contributed by atoms with van der Waals surface area (Å²) in [6.45, 7) is 0.222. The summed E-state index contributed by atoms with van der Waals surface area (Å²) >= 11 is 0. The van der Waals surface area contributed by atoms with Gasteiger partial charge in [-0.25, -0.2) is 0 Å². The van der Waals surface area contributed by atoms with Gasteiger partial charge in [-0.2, -0.15) is 5.10 Å². The Morgan fingerprint density at radius 1 is 1.00 bits per heavy atom. The largest absolute Gasteiger partial charge is 0.347 e. The first-order valence-corrected chi connectivity index (χ1v) is 8.64. The molecule has 4 aromatic rings. The third kappa shape index (κ3) is 3.42. The molecule has 0 saturated heterocycles. The lowest BCUT2D eigenvalue weighted by Crippen LogP contribution is -2.26. The number of nitrogens with zero attached hydrogens (tertiary/aromatic N) is 5. The number of hydrogen-bond acceptors (Lipinski definition) is 4. The summed E-state index contributed by atoms with van der Waals surface area (Å²) in [6.07, 6.45) is 9.13. The first-order valence-electron chi connectivity index (χ1n) is 8.64. The number of fused-ring (bicyclic) bond motifs is 1. The summed E-state index contributed by atoms with van der Waals surface area (Å²) in [5, 5.41) is 6.49. The van der Waals surface area contributed by atoms with Crippen LogP contribution in [0.3, 0.4) is 0 Å². The van der Waals surface area contributed by atoms with Crippen molar-refractivity contribution in [1.82, 2.24) is 24.6 Å². The van der Waals surface area contributed by atoms with Crippen LogP contribution in [0.5, 0.6) is 0 Å². The van der Waals surface area contributed by atoms with Gasteiger partial charge in [-0.15, -0.1) is 0 Å². The SMILES string of the molecule is CN(C)C(=O)Cn1cc(-c2ccc(-c3cncc4ccccc34)nc2)cn1. The lowest BCUT2D eigenvalue weighted by Gasteiger charge is -2.09. The van der Waals surface area contributed by atoms with E-state index in [9.17, 15) is 4.79 Å². The van der Waals surface area contributed by atoms with Crippen LogP contribution in [0.1, 0.15) is 0 Å². The Balaban J connectivity index is 1.61. The number of amides is 1. The molecule has 6 heteroatoms. The van der Waals surface area contributed by atoms with Crippen LogP contribution in [0.2, 0.25) is 0 Å². The first kappa shape index (κ1) is 16.9. The van der Waals surface area contributed by atoms with Crippen molar-refractivity contribution >= 4 is 16.7 Å². The summed E-state index contributed by atoms with van der Waals surface area (Å²) in [4.78, 5) is 22.3. The number of rotatable bonds is 4. The number of likely N-dealkylation sites (N-methyl/N-ethyl adjacent to an activating group) is 1. The van der Waals surface area contributed by atoms with Crippen molar-refractivity contribution < 1.29 is 4.79 Å². The normalized spacial score (nSPS) is 10.9. The topological polar surface area (TPSA) is 63.9 Å². The molecule has 0 aliphatic carbocycles. The van der Waals surface area contributed by atoms with Gasteiger partial charge in [-0.1, -0.05) is 30.3 Å². The van der Waals surface area contributed by atoms with Crippen molar-refractivity contribution in [3.63, 3.8) is 0 Å². The molecule has 3 aromatic heterocycles. The predicted molar refractivity (Wildman–Crippen MR) is 105 cm³/mol. The molecule has 4 rings (SSSR count). The zero-order chi connectivity index (χ0) is 18.8. The van der Waals surface area contributed by atoms with Crippen molar-refractivity contribution in [3.05, 3.63) is 67.4 Å². The van der Waals surface area contributed by atoms with Crippen LogP contribution in [0, 0.1) is 0 Å². The van der Waals surface area contributed by atoms with Crippen LogP contribution in [-0.2, 0) is 11.3 Å². The van der Waals surface area contributed by atoms with Gasteiger partial charge >= 0.3 is 0 Å². The van der Waals surface area contributed by atoms with E-state index in [2.05, 4.69) is 21.1 Å². The van der Waals surface area contributed by atoms with Crippen LogP contribution in [0.15, 0.2) is 67.4 Å². The van der Waals surface area contributed by atoms with Gasteiger partial charge in [0.15, 0.2) is 0 Å². The Kier molecular flexibility index (Phi) is 4.38. The van der Waals surface area contributed by atoms with Gasteiger partial charge in [0.05, 0.1) is 11.9 Å². The predicted octanol–water partition coefficient (Wildman–Crippen LogP) is 3.25. The average molecular weight is 357 g/mol. The molecule has 1 aromatic carbocycles. The molecule has 0 fully saturated rings. The highest BCUT2D eigenvalue weighted by Gasteiger charge is 2.09. The zero-order valence-electron chi connectivity index (χ0n) is 15.2. The second-order valence-electron chi connectivity index (χ2n) is 6.56. The Labute approximate surface area is 157 Å². The smallest absolute Gasteiger partial charge is 0.243 e. The van der Waals surface area contributed by atoms with E-state index in [1.807, 2.05) is 55.1 Å². The summed E-state index contributed by atoms with van der Waals surface area (Å²) < 4.78 is 1.64. The van der Waals surface area contributed by atoms with Crippen molar-refractivity contribution in [1.29, 1.82) is 0 Å². The highest BCUT2D eigenvalue weighted by Crippen LogP contribution is 2.27. The van der Waals surface area contributed by atoms with E-state index in [4.69, 9.17) is 0 Å². The molecule has 0 N–H and O–H groups in total. The third-order valence-corrected chi connectivity index (χ3v) is 4.47. The molecule has 134 valence electrons. The third-order valence-electron chi connectivity index (χ3n) is 4.47. The number of carbonyl (C=O) groups is 1. The van der Waals surface area contributed by atoms with Crippen LogP contribution < -0.4 is 0 Å². The molecule has 0 saturated carbocycles. The average Bonchev–Trinajstić information content (AvgIpc) is 3.16. The summed E-state index contributed by atoms with van der Waals surface area (Å²) in [7, 11) is 3.47. The molecule has 0 aliphatic heterocycles. The van der Waals surface area contributed by atoms with Gasteiger partial charge in [-0.05, 0) is 11.5 Å². The fraction of sp³-hybridized carbons (Fsp3) is 0.143. The molecular weight excluding hydrogens is 338 g/mol. The van der Waals surface area contributed by atoms with Gasteiger partial charge in [0.2, 0.25) is 5.91 Å². The van der Waals surface area contributed by atoms with Gasteiger partial charge in [0.1, 0.15) is 6.54 Å². The molecule has 3 heterocycles. The molecule has 0 bridgehead atoms. The molecule has 27 heavy (non-hydrogen) atoms. The fourth-order valence-electron chi connectivity index (χ4n) is 2.92. The molecule has 6 nitrogen and oxygen atoms in total. The van der Waals surface area contributed by atoms with E-state index in [0.29, 0.717) is 0 Å². The maximum Gasteiger partial charge on any atom is 0.243 e.